The lowest BCUT2D eigenvalue weighted by Gasteiger charge is -2.12. The molecule has 0 saturated heterocycles. The van der Waals surface area contributed by atoms with Crippen molar-refractivity contribution in [1.82, 2.24) is 10.2 Å². The highest BCUT2D eigenvalue weighted by Gasteiger charge is 2.19. The Bertz CT molecular complexity index is 902. The fourth-order valence-corrected chi connectivity index (χ4v) is 3.21. The number of halogens is 4. The molecule has 0 aliphatic heterocycles. The molecule has 2 amide bonds. The molecule has 1 heterocycles. The molecule has 166 valence electrons. The van der Waals surface area contributed by atoms with Gasteiger partial charge in [0.05, 0.1) is 4.88 Å². The molecule has 5 N–H and O–H groups in total. The van der Waals surface area contributed by atoms with E-state index in [0.29, 0.717) is 18.7 Å². The van der Waals surface area contributed by atoms with Crippen molar-refractivity contribution in [3.05, 3.63) is 45.6 Å². The highest BCUT2D eigenvalue weighted by Crippen LogP contribution is 2.36. The maximum atomic E-state index is 13.3. The van der Waals surface area contributed by atoms with E-state index in [0.717, 1.165) is 11.3 Å². The van der Waals surface area contributed by atoms with Gasteiger partial charge in [-0.25, -0.2) is 8.78 Å². The second-order valence-corrected chi connectivity index (χ2v) is 7.15. The predicted molar refractivity (Wildman–Crippen MR) is 120 cm³/mol. The van der Waals surface area contributed by atoms with Gasteiger partial charge in [0.25, 0.3) is 18.2 Å². The van der Waals surface area contributed by atoms with Crippen LogP contribution in [0.15, 0.2) is 34.6 Å². The molecule has 0 bridgehead atoms. The summed E-state index contributed by atoms with van der Waals surface area (Å²) in [7, 11) is 3.72. The highest BCUT2D eigenvalue weighted by molar-refractivity contribution is 7.10. The fourth-order valence-electron chi connectivity index (χ4n) is 2.44. The Morgan fingerprint density at radius 2 is 1.80 bits per heavy atom. The quantitative estimate of drug-likeness (QED) is 0.415. The Labute approximate surface area is 189 Å². The number of alkyl halides is 2. The molecule has 2 rings (SSSR count). The Balaban J connectivity index is 0.00000420. The third kappa shape index (κ3) is 7.52. The van der Waals surface area contributed by atoms with Crippen molar-refractivity contribution in [2.45, 2.75) is 6.43 Å². The van der Waals surface area contributed by atoms with Crippen LogP contribution in [0.25, 0.3) is 11.1 Å². The minimum atomic E-state index is -2.68. The predicted octanol–water partition coefficient (Wildman–Crippen LogP) is 2.90. The van der Waals surface area contributed by atoms with Crippen LogP contribution in [-0.2, 0) is 0 Å². The molecule has 0 fully saturated rings. The summed E-state index contributed by atoms with van der Waals surface area (Å²) in [5.41, 5.74) is 11.2. The Kier molecular flexibility index (Phi) is 11.5. The molecule has 0 aliphatic carbocycles. The third-order valence-electron chi connectivity index (χ3n) is 3.72. The highest BCUT2D eigenvalue weighted by atomic mass is 35.5. The molecule has 7 nitrogen and oxygen atoms in total. The van der Waals surface area contributed by atoms with Gasteiger partial charge in [-0.15, -0.1) is 36.2 Å². The molecule has 1 aromatic heterocycles. The zero-order valence-electron chi connectivity index (χ0n) is 16.2. The zero-order valence-corrected chi connectivity index (χ0v) is 18.7. The Morgan fingerprint density at radius 3 is 2.37 bits per heavy atom. The summed E-state index contributed by atoms with van der Waals surface area (Å²) < 4.78 is 26.6. The van der Waals surface area contributed by atoms with Gasteiger partial charge in [-0.3, -0.25) is 9.59 Å². The van der Waals surface area contributed by atoms with Gasteiger partial charge >= 0.3 is 0 Å². The molecule has 0 radical (unpaired) electrons. The number of thiophene rings is 1. The number of nitrogens with one attached hydrogen (secondary N) is 1. The molecule has 0 spiro atoms. The SMILES string of the molecule is CN(C)CCNC(=O)c1cc(C(=O)N=C(N)N)cc(-c2ccsc2C(F)F)c1.Cl.Cl. The van der Waals surface area contributed by atoms with Crippen molar-refractivity contribution in [2.75, 3.05) is 27.2 Å². The normalized spacial score (nSPS) is 10.2. The van der Waals surface area contributed by atoms with Crippen molar-refractivity contribution in [3.63, 3.8) is 0 Å². The van der Waals surface area contributed by atoms with E-state index >= 15 is 0 Å². The largest absolute Gasteiger partial charge is 0.370 e. The molecule has 0 unspecified atom stereocenters. The summed E-state index contributed by atoms with van der Waals surface area (Å²) in [4.78, 5) is 29.9. The van der Waals surface area contributed by atoms with Crippen LogP contribution >= 0.6 is 36.2 Å². The average molecular weight is 482 g/mol. The van der Waals surface area contributed by atoms with Gasteiger partial charge in [0, 0.05) is 29.8 Å². The number of aliphatic imine (C=N–C) groups is 1. The van der Waals surface area contributed by atoms with E-state index in [-0.39, 0.29) is 46.4 Å². The van der Waals surface area contributed by atoms with Gasteiger partial charge in [0.15, 0.2) is 5.96 Å². The van der Waals surface area contributed by atoms with E-state index < -0.39 is 24.2 Å². The molecular weight excluding hydrogens is 459 g/mol. The molecule has 2 aromatic rings. The minimum Gasteiger partial charge on any atom is -0.370 e. The number of benzene rings is 1. The van der Waals surface area contributed by atoms with E-state index in [9.17, 15) is 18.4 Å². The molecule has 1 aromatic carbocycles. The van der Waals surface area contributed by atoms with Crippen molar-refractivity contribution in [1.29, 1.82) is 0 Å². The number of carbonyl (C=O) groups is 2. The number of nitrogens with zero attached hydrogens (tertiary/aromatic N) is 2. The Hall–Kier alpha value is -2.27. The standard InChI is InChI=1S/C18H21F2N5O2S.2ClH/c1-25(2)5-4-23-16(26)11-7-10(13-3-6-28-14(13)15(19)20)8-12(9-11)17(27)24-18(21)22;;/h3,6-9,15H,4-5H2,1-2H3,(H,23,26)(H4,21,22,24,27);2*1H. The lowest BCUT2D eigenvalue weighted by molar-refractivity contribution is 0.0951. The summed E-state index contributed by atoms with van der Waals surface area (Å²) in [6.07, 6.45) is -2.68. The number of amides is 2. The van der Waals surface area contributed by atoms with Crippen LogP contribution in [0.5, 0.6) is 0 Å². The maximum Gasteiger partial charge on any atom is 0.280 e. The number of carbonyl (C=O) groups excluding carboxylic acids is 2. The summed E-state index contributed by atoms with van der Waals surface area (Å²) in [6, 6.07) is 5.70. The molecule has 0 aliphatic rings. The third-order valence-corrected chi connectivity index (χ3v) is 4.65. The van der Waals surface area contributed by atoms with Crippen molar-refractivity contribution >= 4 is 53.9 Å². The number of guanidine groups is 1. The molecule has 0 saturated carbocycles. The topological polar surface area (TPSA) is 114 Å². The first-order chi connectivity index (χ1) is 13.2. The average Bonchev–Trinajstić information content (AvgIpc) is 3.10. The zero-order chi connectivity index (χ0) is 20.8. The van der Waals surface area contributed by atoms with E-state index in [1.165, 1.54) is 29.6 Å². The summed E-state index contributed by atoms with van der Waals surface area (Å²) >= 11 is 0.900. The van der Waals surface area contributed by atoms with Crippen LogP contribution in [0.3, 0.4) is 0 Å². The van der Waals surface area contributed by atoms with Gasteiger partial charge in [0.1, 0.15) is 0 Å². The van der Waals surface area contributed by atoms with Crippen molar-refractivity contribution < 1.29 is 18.4 Å². The van der Waals surface area contributed by atoms with Gasteiger partial charge in [-0.2, -0.15) is 4.99 Å². The van der Waals surface area contributed by atoms with Crippen LogP contribution in [0.1, 0.15) is 32.0 Å². The van der Waals surface area contributed by atoms with Crippen LogP contribution < -0.4 is 16.8 Å². The minimum absolute atomic E-state index is 0. The fraction of sp³-hybridized carbons (Fsp3) is 0.278. The van der Waals surface area contributed by atoms with E-state index in [4.69, 9.17) is 11.5 Å². The van der Waals surface area contributed by atoms with Crippen molar-refractivity contribution in [2.24, 2.45) is 16.5 Å². The molecule has 0 atom stereocenters. The van der Waals surface area contributed by atoms with Crippen LogP contribution in [0.2, 0.25) is 0 Å². The monoisotopic (exact) mass is 481 g/mol. The van der Waals surface area contributed by atoms with Gasteiger partial charge < -0.3 is 21.7 Å². The first kappa shape index (κ1) is 27.7. The molecule has 12 heteroatoms. The first-order valence-corrected chi connectivity index (χ1v) is 9.15. The number of hydrogen-bond donors (Lipinski definition) is 3. The smallest absolute Gasteiger partial charge is 0.280 e. The summed E-state index contributed by atoms with van der Waals surface area (Å²) in [5, 5.41) is 4.25. The second kappa shape index (κ2) is 12.4. The van der Waals surface area contributed by atoms with Crippen LogP contribution in [0, 0.1) is 0 Å². The molecular formula is C18H23Cl2F2N5O2S. The van der Waals surface area contributed by atoms with Crippen LogP contribution in [0.4, 0.5) is 8.78 Å². The van der Waals surface area contributed by atoms with Crippen molar-refractivity contribution in [3.8, 4) is 11.1 Å². The van der Waals surface area contributed by atoms with E-state index in [2.05, 4.69) is 10.3 Å². The van der Waals surface area contributed by atoms with E-state index in [1.54, 1.807) is 0 Å². The first-order valence-electron chi connectivity index (χ1n) is 8.27. The Morgan fingerprint density at radius 1 is 1.17 bits per heavy atom. The summed E-state index contributed by atoms with van der Waals surface area (Å²) in [6.45, 7) is 0.999. The lowest BCUT2D eigenvalue weighted by Crippen LogP contribution is -2.31. The lowest BCUT2D eigenvalue weighted by atomic mass is 9.99. The number of rotatable bonds is 7. The number of likely N-dealkylation sites (N-methyl/N-ethyl adjacent to an activating group) is 1. The number of nitrogens with two attached hydrogens (primary N) is 2. The maximum absolute atomic E-state index is 13.3. The van der Waals surface area contributed by atoms with Gasteiger partial charge in [-0.05, 0) is 49.3 Å². The second-order valence-electron chi connectivity index (χ2n) is 6.20. The van der Waals surface area contributed by atoms with Crippen LogP contribution in [-0.4, -0.2) is 49.9 Å². The van der Waals surface area contributed by atoms with Gasteiger partial charge in [-0.1, -0.05) is 0 Å². The van der Waals surface area contributed by atoms with Gasteiger partial charge in [0.2, 0.25) is 0 Å². The molecule has 30 heavy (non-hydrogen) atoms. The summed E-state index contributed by atoms with van der Waals surface area (Å²) in [5.74, 6) is -1.63. The van der Waals surface area contributed by atoms with E-state index in [1.807, 2.05) is 19.0 Å². The number of hydrogen-bond acceptors (Lipinski definition) is 4.